The van der Waals surface area contributed by atoms with E-state index >= 15 is 0 Å². The third-order valence-electron chi connectivity index (χ3n) is 11.6. The number of hydrogen-bond donors (Lipinski definition) is 0. The van der Waals surface area contributed by atoms with Crippen molar-refractivity contribution in [1.82, 2.24) is 0 Å². The molecule has 0 spiro atoms. The van der Waals surface area contributed by atoms with Gasteiger partial charge in [0.2, 0.25) is 0 Å². The molecule has 0 N–H and O–H groups in total. The molecule has 0 saturated carbocycles. The molecule has 0 aliphatic heterocycles. The molecule has 5 aliphatic carbocycles. The molecule has 0 radical (unpaired) electrons. The van der Waals surface area contributed by atoms with E-state index in [1.807, 2.05) is 0 Å². The summed E-state index contributed by atoms with van der Waals surface area (Å²) in [5, 5.41) is 0. The monoisotopic (exact) mass is 798 g/mol. The average Bonchev–Trinajstić information content (AvgIpc) is 3.65. The number of hydrogen-bond acceptors (Lipinski definition) is 0. The molecule has 2 aromatic carbocycles. The van der Waals surface area contributed by atoms with Gasteiger partial charge in [0.1, 0.15) is 0 Å². The van der Waals surface area contributed by atoms with Crippen LogP contribution in [-0.2, 0) is 5.41 Å². The topological polar surface area (TPSA) is 0 Å². The van der Waals surface area contributed by atoms with Crippen molar-refractivity contribution < 1.29 is 0 Å². The first-order valence-corrected chi connectivity index (χ1v) is 21.3. The van der Waals surface area contributed by atoms with Crippen molar-refractivity contribution in [2.24, 2.45) is 0 Å². The van der Waals surface area contributed by atoms with Crippen LogP contribution in [0.3, 0.4) is 0 Å². The molecule has 2 aromatic rings. The third kappa shape index (κ3) is 7.93. The van der Waals surface area contributed by atoms with Gasteiger partial charge in [0.05, 0.1) is 0 Å². The number of fused-ring (bicyclic) bond motifs is 5. The highest BCUT2D eigenvalue weighted by atomic mass is 79.9. The zero-order chi connectivity index (χ0) is 35.2. The summed E-state index contributed by atoms with van der Waals surface area (Å²) in [6, 6.07) is 42.1. The molecule has 7 rings (SSSR count). The van der Waals surface area contributed by atoms with E-state index in [4.69, 9.17) is 0 Å². The van der Waals surface area contributed by atoms with Crippen molar-refractivity contribution >= 4 is 31.9 Å². The van der Waals surface area contributed by atoms with Gasteiger partial charge in [-0.05, 0) is 116 Å². The molecule has 0 nitrogen and oxygen atoms in total. The predicted octanol–water partition coefficient (Wildman–Crippen LogP) is 16.5. The van der Waals surface area contributed by atoms with E-state index in [0.29, 0.717) is 0 Å². The summed E-state index contributed by atoms with van der Waals surface area (Å²) in [4.78, 5) is 0. The van der Waals surface area contributed by atoms with Crippen molar-refractivity contribution in [2.75, 3.05) is 0 Å². The summed E-state index contributed by atoms with van der Waals surface area (Å²) in [7, 11) is 0. The molecule has 0 heterocycles. The fourth-order valence-electron chi connectivity index (χ4n) is 8.73. The van der Waals surface area contributed by atoms with E-state index in [1.54, 1.807) is 11.1 Å². The van der Waals surface area contributed by atoms with E-state index in [-0.39, 0.29) is 5.41 Å². The summed E-state index contributed by atoms with van der Waals surface area (Å²) in [5.41, 5.74) is 16.4. The minimum atomic E-state index is 0.0202. The summed E-state index contributed by atoms with van der Waals surface area (Å²) < 4.78 is 2.29. The molecular weight excluding hydrogens is 748 g/mol. The quantitative estimate of drug-likeness (QED) is 0.0856. The van der Waals surface area contributed by atoms with Gasteiger partial charge in [-0.2, -0.15) is 0 Å². The van der Waals surface area contributed by atoms with Crippen LogP contribution in [0.2, 0.25) is 0 Å². The minimum Gasteiger partial charge on any atom is -0.0654 e. The molecule has 0 aromatic heterocycles. The average molecular weight is 801 g/mol. The van der Waals surface area contributed by atoms with Crippen molar-refractivity contribution in [3.8, 4) is 55.6 Å². The molecule has 51 heavy (non-hydrogen) atoms. The van der Waals surface area contributed by atoms with E-state index < -0.39 is 0 Å². The van der Waals surface area contributed by atoms with Gasteiger partial charge in [0.15, 0.2) is 0 Å². The van der Waals surface area contributed by atoms with Gasteiger partial charge in [-0.15, -0.1) is 0 Å². The van der Waals surface area contributed by atoms with Gasteiger partial charge in [0, 0.05) is 14.4 Å². The van der Waals surface area contributed by atoms with Gasteiger partial charge >= 0.3 is 0 Å². The molecule has 0 amide bonds. The van der Waals surface area contributed by atoms with Gasteiger partial charge in [-0.3, -0.25) is 0 Å². The summed E-state index contributed by atoms with van der Waals surface area (Å²) >= 11 is 7.34. The minimum absolute atomic E-state index is 0.0202. The molecule has 0 fully saturated rings. The Hall–Kier alpha value is -3.20. The van der Waals surface area contributed by atoms with Crippen LogP contribution >= 0.6 is 31.9 Å². The first-order chi connectivity index (χ1) is 25.0. The second kappa shape index (κ2) is 16.6. The Morgan fingerprint density at radius 1 is 0.353 bits per heavy atom. The Labute approximate surface area is 324 Å². The fraction of sp³-hybridized carbons (Fsp3) is 0.347. The van der Waals surface area contributed by atoms with E-state index in [9.17, 15) is 0 Å². The van der Waals surface area contributed by atoms with Crippen LogP contribution in [0.25, 0.3) is 55.6 Å². The normalized spacial score (nSPS) is 13.2. The summed E-state index contributed by atoms with van der Waals surface area (Å²) in [6.45, 7) is 4.64. The molecule has 0 unspecified atom stereocenters. The van der Waals surface area contributed by atoms with Crippen LogP contribution in [0, 0.1) is 0 Å². The smallest absolute Gasteiger partial charge is 0.0215 e. The van der Waals surface area contributed by atoms with Crippen LogP contribution in [0.1, 0.15) is 115 Å². The molecular formula is C49H52Br2. The zero-order valence-electron chi connectivity index (χ0n) is 30.5. The number of benzene rings is 2. The standard InChI is InChI=1S/C49H52Br2/c1-3-5-7-9-11-13-27-49(28-14-12-10-8-6-4-2)47-33-41(35-15-19-37-29-43(50)30-38(37)20-16-35)23-25-45(47)46-26-24-42(34-48(46)49)36-17-21-39-31-44(51)32-40(39)22-18-36/h15-26,29-34H,3-14,27-28H2,1-2H3. The van der Waals surface area contributed by atoms with Gasteiger partial charge in [0.25, 0.3) is 0 Å². The highest BCUT2D eigenvalue weighted by molar-refractivity contribution is 9.10. The molecule has 2 heteroatoms. The Kier molecular flexibility index (Phi) is 11.8. The number of rotatable bonds is 16. The van der Waals surface area contributed by atoms with Crippen molar-refractivity contribution in [1.29, 1.82) is 0 Å². The van der Waals surface area contributed by atoms with E-state index in [2.05, 4.69) is 155 Å². The van der Waals surface area contributed by atoms with E-state index in [0.717, 1.165) is 8.95 Å². The van der Waals surface area contributed by atoms with Crippen molar-refractivity contribution in [3.63, 3.8) is 0 Å². The molecule has 0 saturated heterocycles. The lowest BCUT2D eigenvalue weighted by molar-refractivity contribution is 0.398. The van der Waals surface area contributed by atoms with Crippen LogP contribution in [0.15, 0.2) is 118 Å². The van der Waals surface area contributed by atoms with Crippen molar-refractivity contribution in [2.45, 2.75) is 109 Å². The first kappa shape index (κ1) is 36.2. The second-order valence-corrected chi connectivity index (χ2v) is 16.9. The maximum absolute atomic E-state index is 3.67. The Bertz CT molecular complexity index is 1800. The van der Waals surface area contributed by atoms with E-state index in [1.165, 1.54) is 146 Å². The maximum atomic E-state index is 3.67. The predicted molar refractivity (Wildman–Crippen MR) is 228 cm³/mol. The lowest BCUT2D eigenvalue weighted by Gasteiger charge is -2.33. The summed E-state index contributed by atoms with van der Waals surface area (Å²) in [5.74, 6) is 0. The molecule has 5 aliphatic rings. The van der Waals surface area contributed by atoms with Gasteiger partial charge < -0.3 is 0 Å². The molecule has 262 valence electrons. The highest BCUT2D eigenvalue weighted by Gasteiger charge is 2.42. The van der Waals surface area contributed by atoms with Crippen molar-refractivity contribution in [3.05, 3.63) is 129 Å². The molecule has 0 atom stereocenters. The largest absolute Gasteiger partial charge is 0.0654 e. The fourth-order valence-corrected chi connectivity index (χ4v) is 9.72. The third-order valence-corrected chi connectivity index (χ3v) is 12.5. The first-order valence-electron chi connectivity index (χ1n) is 19.7. The van der Waals surface area contributed by atoms with Crippen LogP contribution < -0.4 is 0 Å². The zero-order valence-corrected chi connectivity index (χ0v) is 33.7. The summed E-state index contributed by atoms with van der Waals surface area (Å²) in [6.07, 6.45) is 18.4. The van der Waals surface area contributed by atoms with Gasteiger partial charge in [-0.1, -0.05) is 196 Å². The lowest BCUT2D eigenvalue weighted by atomic mass is 9.70. The molecule has 0 bridgehead atoms. The lowest BCUT2D eigenvalue weighted by Crippen LogP contribution is -2.25. The van der Waals surface area contributed by atoms with Crippen LogP contribution in [-0.4, -0.2) is 0 Å². The Morgan fingerprint density at radius 3 is 1.02 bits per heavy atom. The Morgan fingerprint density at radius 2 is 0.647 bits per heavy atom. The van der Waals surface area contributed by atoms with Crippen LogP contribution in [0.5, 0.6) is 0 Å². The highest BCUT2D eigenvalue weighted by Crippen LogP contribution is 2.56. The Balaban J connectivity index is 1.31. The second-order valence-electron chi connectivity index (χ2n) is 15.1. The maximum Gasteiger partial charge on any atom is 0.0215 e. The number of unbranched alkanes of at least 4 members (excludes halogenated alkanes) is 10. The SMILES string of the molecule is CCCCCCCCC1(CCCCCCCC)c2cc(-c3ccc4cc(Br)cc-4cc3)ccc2-c2ccc(-c3ccc4cc(Br)cc-4cc3)cc21. The number of halogens is 2. The van der Waals surface area contributed by atoms with Crippen LogP contribution in [0.4, 0.5) is 0 Å². The van der Waals surface area contributed by atoms with Gasteiger partial charge in [-0.25, -0.2) is 0 Å².